The van der Waals surface area contributed by atoms with Gasteiger partial charge < -0.3 is 30.2 Å². The highest BCUT2D eigenvalue weighted by atomic mass is 16.7. The van der Waals surface area contributed by atoms with Gasteiger partial charge in [-0.3, -0.25) is 15.0 Å². The second-order valence-corrected chi connectivity index (χ2v) is 8.61. The molecule has 5 N–H and O–H groups in total. The van der Waals surface area contributed by atoms with Crippen molar-refractivity contribution < 1.29 is 33.8 Å². The Morgan fingerprint density at radius 3 is 2.20 bits per heavy atom. The van der Waals surface area contributed by atoms with Crippen LogP contribution in [0.2, 0.25) is 0 Å². The number of carbonyl (C=O) groups excluding carboxylic acids is 4. The molecule has 0 saturated carbocycles. The lowest BCUT2D eigenvalue weighted by atomic mass is 10.1. The lowest BCUT2D eigenvalue weighted by Crippen LogP contribution is -2.39. The van der Waals surface area contributed by atoms with Crippen LogP contribution in [0.25, 0.3) is 0 Å². The number of aromatic nitrogens is 1. The maximum atomic E-state index is 13.4. The number of aromatic hydroxyl groups is 1. The van der Waals surface area contributed by atoms with E-state index >= 15 is 0 Å². The average Bonchev–Trinajstić information content (AvgIpc) is 3.31. The fourth-order valence-corrected chi connectivity index (χ4v) is 3.79. The third-order valence-corrected chi connectivity index (χ3v) is 5.89. The Bertz CT molecular complexity index is 1430. The van der Waals surface area contributed by atoms with Gasteiger partial charge in [-0.05, 0) is 75.2 Å². The Morgan fingerprint density at radius 1 is 0.925 bits per heavy atom. The maximum Gasteiger partial charge on any atom is 0.423 e. The largest absolute Gasteiger partial charge is 0.508 e. The number of aromatic amines is 1. The number of carbonyl (C=O) groups is 4. The van der Waals surface area contributed by atoms with Crippen molar-refractivity contribution in [2.24, 2.45) is 0 Å². The van der Waals surface area contributed by atoms with E-state index < -0.39 is 18.9 Å². The maximum absolute atomic E-state index is 13.4. The van der Waals surface area contributed by atoms with Crippen molar-refractivity contribution in [3.05, 3.63) is 82.2 Å². The molecule has 3 rings (SSSR count). The number of phenolic OH excluding ortho intramolecular Hbond substituents is 1. The summed E-state index contributed by atoms with van der Waals surface area (Å²) in [5.74, 6) is -1.91. The summed E-state index contributed by atoms with van der Waals surface area (Å²) in [6.45, 7) is 6.89. The summed E-state index contributed by atoms with van der Waals surface area (Å²) in [4.78, 5) is 54.4. The standard InChI is InChI=1S/C28H31N5O7/c1-5-30-25(35)19-8-7-16(3)22(13-19)33(24(29)23-17(4)21(14-32-23)26(36)31-6-2)28(38)40-15-39-27(37)18-9-11-20(34)12-10-18/h7-14,29,32,34H,5-6,15H2,1-4H3,(H,30,35)(H,31,36). The summed E-state index contributed by atoms with van der Waals surface area (Å²) in [6, 6.07) is 9.97. The minimum absolute atomic E-state index is 0.0303. The van der Waals surface area contributed by atoms with Crippen LogP contribution in [0.5, 0.6) is 5.75 Å². The molecule has 12 heteroatoms. The number of hydrogen-bond donors (Lipinski definition) is 5. The van der Waals surface area contributed by atoms with E-state index in [1.54, 1.807) is 39.8 Å². The first-order valence-corrected chi connectivity index (χ1v) is 12.5. The summed E-state index contributed by atoms with van der Waals surface area (Å²) in [6.07, 6.45) is 0.374. The van der Waals surface area contributed by atoms with E-state index in [9.17, 15) is 24.3 Å². The Labute approximate surface area is 230 Å². The van der Waals surface area contributed by atoms with E-state index in [1.807, 2.05) is 0 Å². The average molecular weight is 550 g/mol. The van der Waals surface area contributed by atoms with Gasteiger partial charge in [-0.25, -0.2) is 14.5 Å². The van der Waals surface area contributed by atoms with Gasteiger partial charge in [0.15, 0.2) is 5.84 Å². The van der Waals surface area contributed by atoms with Crippen LogP contribution in [-0.2, 0) is 9.47 Å². The first kappa shape index (κ1) is 29.4. The minimum Gasteiger partial charge on any atom is -0.508 e. The van der Waals surface area contributed by atoms with Gasteiger partial charge in [0, 0.05) is 24.8 Å². The van der Waals surface area contributed by atoms with Crippen LogP contribution in [0.4, 0.5) is 10.5 Å². The molecule has 3 aromatic rings. The van der Waals surface area contributed by atoms with Crippen molar-refractivity contribution in [2.75, 3.05) is 24.8 Å². The zero-order valence-corrected chi connectivity index (χ0v) is 22.6. The fourth-order valence-electron chi connectivity index (χ4n) is 3.79. The highest BCUT2D eigenvalue weighted by Gasteiger charge is 2.29. The third-order valence-electron chi connectivity index (χ3n) is 5.89. The molecule has 0 aliphatic carbocycles. The van der Waals surface area contributed by atoms with E-state index in [4.69, 9.17) is 14.9 Å². The predicted molar refractivity (Wildman–Crippen MR) is 147 cm³/mol. The van der Waals surface area contributed by atoms with E-state index in [-0.39, 0.29) is 45.9 Å². The number of ether oxygens (including phenoxy) is 2. The summed E-state index contributed by atoms with van der Waals surface area (Å²) in [5.41, 5.74) is 1.99. The molecule has 0 saturated heterocycles. The zero-order valence-electron chi connectivity index (χ0n) is 22.6. The molecule has 1 heterocycles. The molecule has 0 bridgehead atoms. The Morgan fingerprint density at radius 2 is 1.55 bits per heavy atom. The van der Waals surface area contributed by atoms with Crippen molar-refractivity contribution in [1.82, 2.24) is 15.6 Å². The normalized spacial score (nSPS) is 10.4. The monoisotopic (exact) mass is 549 g/mol. The second kappa shape index (κ2) is 13.1. The van der Waals surface area contributed by atoms with Gasteiger partial charge in [0.25, 0.3) is 11.8 Å². The molecule has 0 unspecified atom stereocenters. The molecular formula is C28H31N5O7. The molecule has 3 amide bonds. The summed E-state index contributed by atoms with van der Waals surface area (Å²) >= 11 is 0. The van der Waals surface area contributed by atoms with Crippen LogP contribution in [0.3, 0.4) is 0 Å². The second-order valence-electron chi connectivity index (χ2n) is 8.61. The van der Waals surface area contributed by atoms with Gasteiger partial charge in [-0.2, -0.15) is 0 Å². The number of amidine groups is 1. The quantitative estimate of drug-likeness (QED) is 0.117. The van der Waals surface area contributed by atoms with E-state index in [0.717, 1.165) is 4.90 Å². The molecule has 210 valence electrons. The number of nitrogens with zero attached hydrogens (tertiary/aromatic N) is 1. The molecule has 0 aliphatic heterocycles. The molecule has 0 aliphatic rings. The summed E-state index contributed by atoms with van der Waals surface area (Å²) < 4.78 is 10.2. The number of benzene rings is 2. The minimum atomic E-state index is -1.06. The molecule has 2 aromatic carbocycles. The van der Waals surface area contributed by atoms with Gasteiger partial charge >= 0.3 is 12.1 Å². The lowest BCUT2D eigenvalue weighted by molar-refractivity contribution is 0.0000923. The molecular weight excluding hydrogens is 518 g/mol. The number of aryl methyl sites for hydroxylation is 1. The number of nitrogens with one attached hydrogen (secondary N) is 4. The lowest BCUT2D eigenvalue weighted by Gasteiger charge is -2.25. The number of esters is 1. The Balaban J connectivity index is 1.93. The highest BCUT2D eigenvalue weighted by molar-refractivity contribution is 6.21. The molecule has 0 radical (unpaired) electrons. The first-order valence-electron chi connectivity index (χ1n) is 12.5. The SMILES string of the molecule is CCNC(=O)c1ccc(C)c(N(C(=N)c2[nH]cc(C(=O)NCC)c2C)C(=O)OCOC(=O)c2ccc(O)cc2)c1. The molecule has 40 heavy (non-hydrogen) atoms. The van der Waals surface area contributed by atoms with Crippen molar-refractivity contribution >= 4 is 35.4 Å². The van der Waals surface area contributed by atoms with E-state index in [1.165, 1.54) is 36.5 Å². The molecule has 0 spiro atoms. The molecule has 0 atom stereocenters. The van der Waals surface area contributed by atoms with Crippen LogP contribution in [-0.4, -0.2) is 59.7 Å². The zero-order chi connectivity index (χ0) is 29.4. The Hall–Kier alpha value is -5.13. The van der Waals surface area contributed by atoms with Crippen molar-refractivity contribution in [3.63, 3.8) is 0 Å². The van der Waals surface area contributed by atoms with Crippen molar-refractivity contribution in [3.8, 4) is 5.75 Å². The predicted octanol–water partition coefficient (Wildman–Crippen LogP) is 3.62. The summed E-state index contributed by atoms with van der Waals surface area (Å²) in [5, 5.41) is 23.7. The van der Waals surface area contributed by atoms with Crippen LogP contribution < -0.4 is 15.5 Å². The molecule has 12 nitrogen and oxygen atoms in total. The van der Waals surface area contributed by atoms with Gasteiger partial charge in [0.05, 0.1) is 22.5 Å². The van der Waals surface area contributed by atoms with Gasteiger partial charge in [0.1, 0.15) is 5.75 Å². The number of H-pyrrole nitrogens is 1. The van der Waals surface area contributed by atoms with Crippen molar-refractivity contribution in [1.29, 1.82) is 5.41 Å². The van der Waals surface area contributed by atoms with Gasteiger partial charge in [-0.1, -0.05) is 6.07 Å². The van der Waals surface area contributed by atoms with E-state index in [0.29, 0.717) is 29.8 Å². The Kier molecular flexibility index (Phi) is 9.63. The van der Waals surface area contributed by atoms with Gasteiger partial charge in [-0.15, -0.1) is 0 Å². The number of phenols is 1. The highest BCUT2D eigenvalue weighted by Crippen LogP contribution is 2.26. The van der Waals surface area contributed by atoms with Crippen LogP contribution in [0, 0.1) is 19.3 Å². The molecule has 0 fully saturated rings. The topological polar surface area (TPSA) is 174 Å². The van der Waals surface area contributed by atoms with E-state index in [2.05, 4.69) is 15.6 Å². The first-order chi connectivity index (χ1) is 19.1. The molecule has 1 aromatic heterocycles. The van der Waals surface area contributed by atoms with Gasteiger partial charge in [0.2, 0.25) is 6.79 Å². The number of rotatable bonds is 9. The van der Waals surface area contributed by atoms with Crippen LogP contribution in [0.15, 0.2) is 48.7 Å². The van der Waals surface area contributed by atoms with Crippen molar-refractivity contribution in [2.45, 2.75) is 27.7 Å². The number of amides is 3. The number of hydrogen-bond acceptors (Lipinski definition) is 8. The number of anilines is 1. The van der Waals surface area contributed by atoms with Crippen LogP contribution >= 0.6 is 0 Å². The fraction of sp³-hybridized carbons (Fsp3) is 0.250. The summed E-state index contributed by atoms with van der Waals surface area (Å²) in [7, 11) is 0. The smallest absolute Gasteiger partial charge is 0.423 e. The third kappa shape index (κ3) is 6.65. The van der Waals surface area contributed by atoms with Crippen LogP contribution in [0.1, 0.15) is 61.7 Å².